The minimum absolute atomic E-state index is 0.0994. The minimum Gasteiger partial charge on any atom is -0.492 e. The lowest BCUT2D eigenvalue weighted by molar-refractivity contribution is 0.250. The quantitative estimate of drug-likeness (QED) is 0.295. The standard InChI is InChI=1S/C22H27ClFN7O4S/c1-13-11-14(5-8-18(13)36(24,33)34)28-21(32)27-9-4-10-35-17-7-6-15(12-16(17)23)31-20(26)29-19(25)30-22(31,2)3/h5-8,11-12H,4,9-10H2,1-3H3,(H2,27,28,32)(H4,25,26,29,30). The Balaban J connectivity index is 1.48. The van der Waals surface area contributed by atoms with Gasteiger partial charge in [0, 0.05) is 17.9 Å². The van der Waals surface area contributed by atoms with Crippen LogP contribution in [0.4, 0.5) is 20.1 Å². The number of guanidine groups is 2. The molecular weight excluding hydrogens is 513 g/mol. The van der Waals surface area contributed by atoms with Crippen molar-refractivity contribution in [2.75, 3.05) is 23.4 Å². The molecule has 2 aromatic carbocycles. The van der Waals surface area contributed by atoms with Gasteiger partial charge in [0.05, 0.1) is 11.6 Å². The molecule has 14 heteroatoms. The Morgan fingerprint density at radius 1 is 1.22 bits per heavy atom. The van der Waals surface area contributed by atoms with Crippen LogP contribution in [0.15, 0.2) is 51.3 Å². The second kappa shape index (κ2) is 10.6. The average Bonchev–Trinajstić information content (AvgIpc) is 2.72. The summed E-state index contributed by atoms with van der Waals surface area (Å²) in [7, 11) is -4.82. The molecule has 2 amide bonds. The molecule has 0 radical (unpaired) electrons. The summed E-state index contributed by atoms with van der Waals surface area (Å²) in [4.78, 5) is 21.6. The second-order valence-corrected chi connectivity index (χ2v) is 10.1. The van der Waals surface area contributed by atoms with E-state index in [1.54, 1.807) is 23.1 Å². The van der Waals surface area contributed by atoms with Crippen molar-refractivity contribution in [3.05, 3.63) is 47.0 Å². The van der Waals surface area contributed by atoms with Crippen LogP contribution in [-0.4, -0.2) is 45.2 Å². The number of urea groups is 1. The van der Waals surface area contributed by atoms with Gasteiger partial charge in [0.2, 0.25) is 11.9 Å². The molecule has 36 heavy (non-hydrogen) atoms. The largest absolute Gasteiger partial charge is 0.492 e. The topological polar surface area (TPSA) is 164 Å². The molecule has 6 N–H and O–H groups in total. The summed E-state index contributed by atoms with van der Waals surface area (Å²) >= 11 is 6.39. The van der Waals surface area contributed by atoms with Gasteiger partial charge in [-0.15, -0.1) is 3.89 Å². The van der Waals surface area contributed by atoms with Crippen LogP contribution in [0.5, 0.6) is 5.75 Å². The van der Waals surface area contributed by atoms with Crippen LogP contribution in [0.3, 0.4) is 0 Å². The van der Waals surface area contributed by atoms with E-state index in [0.29, 0.717) is 35.1 Å². The number of ether oxygens (including phenoxy) is 1. The molecule has 1 aliphatic rings. The number of nitrogens with two attached hydrogens (primary N) is 2. The van der Waals surface area contributed by atoms with Gasteiger partial charge in [-0.05, 0) is 69.2 Å². The van der Waals surface area contributed by atoms with E-state index in [-0.39, 0.29) is 24.1 Å². The van der Waals surface area contributed by atoms with Crippen LogP contribution < -0.4 is 31.7 Å². The SMILES string of the molecule is Cc1cc(NC(=O)NCCCOc2ccc(N3C(N)=NC(N)=NC3(C)C)cc2Cl)ccc1S(=O)(=O)F. The maximum Gasteiger partial charge on any atom is 0.332 e. The molecule has 0 saturated carbocycles. The molecule has 0 saturated heterocycles. The van der Waals surface area contributed by atoms with Crippen molar-refractivity contribution in [1.82, 2.24) is 5.32 Å². The summed E-state index contributed by atoms with van der Waals surface area (Å²) in [5, 5.41) is 5.57. The van der Waals surface area contributed by atoms with Crippen molar-refractivity contribution in [3.63, 3.8) is 0 Å². The highest BCUT2D eigenvalue weighted by atomic mass is 35.5. The zero-order valence-electron chi connectivity index (χ0n) is 19.9. The van der Waals surface area contributed by atoms with E-state index in [1.807, 2.05) is 13.8 Å². The zero-order valence-corrected chi connectivity index (χ0v) is 21.5. The lowest BCUT2D eigenvalue weighted by Crippen LogP contribution is -2.54. The third-order valence-corrected chi connectivity index (χ3v) is 6.41. The lowest BCUT2D eigenvalue weighted by Gasteiger charge is -2.38. The number of amides is 2. The summed E-state index contributed by atoms with van der Waals surface area (Å²) < 4.78 is 41.0. The third-order valence-electron chi connectivity index (χ3n) is 5.13. The molecule has 11 nitrogen and oxygen atoms in total. The van der Waals surface area contributed by atoms with Gasteiger partial charge in [-0.25, -0.2) is 9.79 Å². The maximum atomic E-state index is 13.2. The fourth-order valence-electron chi connectivity index (χ4n) is 3.63. The van der Waals surface area contributed by atoms with E-state index in [0.717, 1.165) is 6.07 Å². The molecule has 0 atom stereocenters. The summed E-state index contributed by atoms with van der Waals surface area (Å²) in [5.41, 5.74) is 12.2. The van der Waals surface area contributed by atoms with Gasteiger partial charge in [0.25, 0.3) is 0 Å². The highest BCUT2D eigenvalue weighted by molar-refractivity contribution is 7.86. The minimum atomic E-state index is -4.82. The Morgan fingerprint density at radius 3 is 2.56 bits per heavy atom. The highest BCUT2D eigenvalue weighted by Gasteiger charge is 2.33. The zero-order chi connectivity index (χ0) is 26.7. The van der Waals surface area contributed by atoms with Crippen LogP contribution in [0.25, 0.3) is 0 Å². The van der Waals surface area contributed by atoms with Gasteiger partial charge >= 0.3 is 16.3 Å². The number of halogens is 2. The van der Waals surface area contributed by atoms with E-state index in [2.05, 4.69) is 20.6 Å². The van der Waals surface area contributed by atoms with Crippen molar-refractivity contribution in [2.45, 2.75) is 37.8 Å². The smallest absolute Gasteiger partial charge is 0.332 e. The van der Waals surface area contributed by atoms with Crippen LogP contribution in [0.1, 0.15) is 25.8 Å². The van der Waals surface area contributed by atoms with Gasteiger partial charge in [-0.2, -0.15) is 13.4 Å². The highest BCUT2D eigenvalue weighted by Crippen LogP contribution is 2.33. The molecule has 1 heterocycles. The molecular formula is C22H27ClFN7O4S. The Kier molecular flexibility index (Phi) is 7.94. The Labute approximate surface area is 213 Å². The molecule has 0 aliphatic carbocycles. The van der Waals surface area contributed by atoms with Crippen molar-refractivity contribution >= 4 is 51.1 Å². The summed E-state index contributed by atoms with van der Waals surface area (Å²) in [6.45, 7) is 5.69. The first-order valence-electron chi connectivity index (χ1n) is 10.8. The first-order valence-corrected chi connectivity index (χ1v) is 12.6. The average molecular weight is 540 g/mol. The predicted molar refractivity (Wildman–Crippen MR) is 138 cm³/mol. The lowest BCUT2D eigenvalue weighted by atomic mass is 10.1. The predicted octanol–water partition coefficient (Wildman–Crippen LogP) is 3.08. The van der Waals surface area contributed by atoms with Crippen molar-refractivity contribution in [1.29, 1.82) is 0 Å². The van der Waals surface area contributed by atoms with Gasteiger partial charge in [0.15, 0.2) is 0 Å². The van der Waals surface area contributed by atoms with Crippen LogP contribution >= 0.6 is 11.6 Å². The van der Waals surface area contributed by atoms with E-state index < -0.39 is 26.8 Å². The molecule has 0 spiro atoms. The number of nitrogens with zero attached hydrogens (tertiary/aromatic N) is 3. The number of hydrogen-bond acceptors (Lipinski definition) is 9. The summed E-state index contributed by atoms with van der Waals surface area (Å²) in [5.74, 6) is 0.749. The number of anilines is 2. The van der Waals surface area contributed by atoms with Crippen LogP contribution in [0.2, 0.25) is 5.02 Å². The fraction of sp³-hybridized carbons (Fsp3) is 0.318. The third kappa shape index (κ3) is 6.55. The van der Waals surface area contributed by atoms with E-state index in [1.165, 1.54) is 19.1 Å². The Hall–Kier alpha value is -3.58. The Morgan fingerprint density at radius 2 is 1.94 bits per heavy atom. The van der Waals surface area contributed by atoms with Gasteiger partial charge < -0.3 is 26.8 Å². The molecule has 0 aromatic heterocycles. The van der Waals surface area contributed by atoms with E-state index in [4.69, 9.17) is 27.8 Å². The number of aliphatic imine (C=N–C) groups is 2. The van der Waals surface area contributed by atoms with Crippen LogP contribution in [0, 0.1) is 6.92 Å². The molecule has 2 aromatic rings. The summed E-state index contributed by atoms with van der Waals surface area (Å²) in [6.07, 6.45) is 0.482. The van der Waals surface area contributed by atoms with Gasteiger partial charge in [-0.3, -0.25) is 4.90 Å². The number of rotatable bonds is 8. The van der Waals surface area contributed by atoms with Crippen molar-refractivity contribution in [3.8, 4) is 5.75 Å². The van der Waals surface area contributed by atoms with E-state index >= 15 is 0 Å². The number of hydrogen-bond donors (Lipinski definition) is 4. The van der Waals surface area contributed by atoms with Gasteiger partial charge in [-0.1, -0.05) is 11.6 Å². The molecule has 3 rings (SSSR count). The first kappa shape index (κ1) is 27.0. The number of carbonyl (C=O) groups excluding carboxylic acids is 1. The van der Waals surface area contributed by atoms with E-state index in [9.17, 15) is 17.1 Å². The van der Waals surface area contributed by atoms with Crippen molar-refractivity contribution < 1.29 is 21.8 Å². The fourth-order valence-corrected chi connectivity index (χ4v) is 4.53. The second-order valence-electron chi connectivity index (χ2n) is 8.39. The van der Waals surface area contributed by atoms with Gasteiger partial charge in [0.1, 0.15) is 16.3 Å². The first-order chi connectivity index (χ1) is 16.8. The molecule has 1 aliphatic heterocycles. The maximum absolute atomic E-state index is 13.2. The van der Waals surface area contributed by atoms with Crippen molar-refractivity contribution in [2.24, 2.45) is 21.5 Å². The molecule has 0 bridgehead atoms. The number of benzene rings is 2. The summed E-state index contributed by atoms with van der Waals surface area (Å²) in [6, 6.07) is 8.43. The normalized spacial score (nSPS) is 15.1. The molecule has 0 fully saturated rings. The number of carbonyl (C=O) groups is 1. The molecule has 0 unspecified atom stereocenters. The van der Waals surface area contributed by atoms with Crippen LogP contribution in [-0.2, 0) is 10.2 Å². The Bertz CT molecular complexity index is 1330. The monoisotopic (exact) mass is 539 g/mol. The number of nitrogens with one attached hydrogen (secondary N) is 2. The molecule has 194 valence electrons. The number of aryl methyl sites for hydroxylation is 1.